The van der Waals surface area contributed by atoms with Crippen LogP contribution in [0.25, 0.3) is 10.9 Å². The number of anilines is 1. The van der Waals surface area contributed by atoms with E-state index in [1.54, 1.807) is 12.3 Å². The Hall–Kier alpha value is -1.64. The molecule has 1 aromatic carbocycles. The Morgan fingerprint density at radius 1 is 1.25 bits per heavy atom. The molecule has 2 nitrogen and oxygen atoms in total. The number of hydrogen-bond acceptors (Lipinski definition) is 2. The van der Waals surface area contributed by atoms with Gasteiger partial charge in [-0.25, -0.2) is 4.39 Å². The van der Waals surface area contributed by atoms with Crippen LogP contribution in [0.4, 0.5) is 10.1 Å². The Morgan fingerprint density at radius 2 is 1.94 bits per heavy atom. The Morgan fingerprint density at radius 3 is 2.56 bits per heavy atom. The van der Waals surface area contributed by atoms with E-state index in [9.17, 15) is 4.39 Å². The number of aromatic nitrogens is 1. The molecule has 0 unspecified atom stereocenters. The highest BCUT2D eigenvalue weighted by Crippen LogP contribution is 2.33. The van der Waals surface area contributed by atoms with Crippen molar-refractivity contribution in [1.29, 1.82) is 0 Å². The summed E-state index contributed by atoms with van der Waals surface area (Å²) in [4.78, 5) is 4.15. The average Bonchev–Trinajstić information content (AvgIpc) is 2.16. The predicted octanol–water partition coefficient (Wildman–Crippen LogP) is 3.25. The first-order chi connectivity index (χ1) is 7.39. The third-order valence-electron chi connectivity index (χ3n) is 2.61. The van der Waals surface area contributed by atoms with E-state index in [1.165, 1.54) is 12.1 Å². The number of fused-ring (bicyclic) bond motifs is 1. The fourth-order valence-electron chi connectivity index (χ4n) is 2.02. The van der Waals surface area contributed by atoms with Crippen LogP contribution in [0, 0.1) is 5.82 Å². The maximum absolute atomic E-state index is 13.1. The molecule has 2 N–H and O–H groups in total. The van der Waals surface area contributed by atoms with Gasteiger partial charge in [0.2, 0.25) is 0 Å². The van der Waals surface area contributed by atoms with E-state index in [0.29, 0.717) is 11.2 Å². The summed E-state index contributed by atoms with van der Waals surface area (Å²) in [7, 11) is 0. The first-order valence-corrected chi connectivity index (χ1v) is 5.24. The van der Waals surface area contributed by atoms with Gasteiger partial charge in [-0.2, -0.15) is 0 Å². The van der Waals surface area contributed by atoms with Crippen molar-refractivity contribution in [3.63, 3.8) is 0 Å². The number of rotatable bonds is 0. The number of nitrogens with two attached hydrogens (primary N) is 1. The molecule has 1 heterocycles. The molecule has 0 bridgehead atoms. The lowest BCUT2D eigenvalue weighted by molar-refractivity contribution is 0.597. The quantitative estimate of drug-likeness (QED) is 0.737. The number of benzene rings is 1. The summed E-state index contributed by atoms with van der Waals surface area (Å²) in [6.07, 6.45) is 1.60. The lowest BCUT2D eigenvalue weighted by Gasteiger charge is -2.23. The molecular formula is C13H15FN2. The molecule has 16 heavy (non-hydrogen) atoms. The van der Waals surface area contributed by atoms with Gasteiger partial charge in [-0.1, -0.05) is 20.8 Å². The van der Waals surface area contributed by atoms with Crippen molar-refractivity contribution in [2.24, 2.45) is 0 Å². The fraction of sp³-hybridized carbons (Fsp3) is 0.308. The van der Waals surface area contributed by atoms with E-state index in [4.69, 9.17) is 5.73 Å². The van der Waals surface area contributed by atoms with Crippen LogP contribution in [0.2, 0.25) is 0 Å². The van der Waals surface area contributed by atoms with Gasteiger partial charge in [0.1, 0.15) is 5.82 Å². The van der Waals surface area contributed by atoms with Gasteiger partial charge in [-0.3, -0.25) is 4.98 Å². The topological polar surface area (TPSA) is 38.9 Å². The third-order valence-corrected chi connectivity index (χ3v) is 2.61. The molecule has 0 atom stereocenters. The first kappa shape index (κ1) is 10.9. The van der Waals surface area contributed by atoms with Gasteiger partial charge in [0.25, 0.3) is 0 Å². The zero-order valence-corrected chi connectivity index (χ0v) is 9.71. The van der Waals surface area contributed by atoms with Crippen LogP contribution >= 0.6 is 0 Å². The Kier molecular flexibility index (Phi) is 2.34. The van der Waals surface area contributed by atoms with Crippen LogP contribution in [0.3, 0.4) is 0 Å². The maximum Gasteiger partial charge on any atom is 0.125 e. The van der Waals surface area contributed by atoms with Crippen LogP contribution in [0.1, 0.15) is 26.3 Å². The monoisotopic (exact) mass is 218 g/mol. The molecule has 0 saturated heterocycles. The van der Waals surface area contributed by atoms with E-state index < -0.39 is 0 Å². The van der Waals surface area contributed by atoms with Gasteiger partial charge in [0.15, 0.2) is 0 Å². The second-order valence-corrected chi connectivity index (χ2v) is 5.00. The summed E-state index contributed by atoms with van der Waals surface area (Å²) in [6.45, 7) is 6.25. The molecule has 0 spiro atoms. The Labute approximate surface area is 94.3 Å². The lowest BCUT2D eigenvalue weighted by Crippen LogP contribution is -2.15. The highest BCUT2D eigenvalue weighted by atomic mass is 19.1. The van der Waals surface area contributed by atoms with Gasteiger partial charge in [-0.05, 0) is 23.1 Å². The fourth-order valence-corrected chi connectivity index (χ4v) is 2.02. The zero-order chi connectivity index (χ0) is 11.9. The number of nitrogen functional groups attached to an aromatic ring is 1. The predicted molar refractivity (Wildman–Crippen MR) is 64.8 cm³/mol. The van der Waals surface area contributed by atoms with Gasteiger partial charge in [0.05, 0.1) is 17.4 Å². The SMILES string of the molecule is CC(C)(C)c1c(N)cnc2cc(F)ccc12. The van der Waals surface area contributed by atoms with Gasteiger partial charge in [-0.15, -0.1) is 0 Å². The van der Waals surface area contributed by atoms with E-state index in [1.807, 2.05) is 0 Å². The Balaban J connectivity index is 2.85. The highest BCUT2D eigenvalue weighted by Gasteiger charge is 2.20. The van der Waals surface area contributed by atoms with E-state index in [0.717, 1.165) is 10.9 Å². The van der Waals surface area contributed by atoms with E-state index >= 15 is 0 Å². The highest BCUT2D eigenvalue weighted by molar-refractivity contribution is 5.87. The molecule has 0 aliphatic heterocycles. The second kappa shape index (κ2) is 3.44. The standard InChI is InChI=1S/C13H15FN2/c1-13(2,3)12-9-5-4-8(14)6-11(9)16-7-10(12)15/h4-7H,15H2,1-3H3. The second-order valence-electron chi connectivity index (χ2n) is 5.00. The summed E-state index contributed by atoms with van der Waals surface area (Å²) >= 11 is 0. The molecule has 0 aliphatic carbocycles. The number of nitrogens with zero attached hydrogens (tertiary/aromatic N) is 1. The van der Waals surface area contributed by atoms with Crippen molar-refractivity contribution in [3.8, 4) is 0 Å². The average molecular weight is 218 g/mol. The number of pyridine rings is 1. The first-order valence-electron chi connectivity index (χ1n) is 5.24. The van der Waals surface area contributed by atoms with Crippen LogP contribution < -0.4 is 5.73 Å². The Bertz CT molecular complexity index is 541. The van der Waals surface area contributed by atoms with Crippen LogP contribution in [0.5, 0.6) is 0 Å². The van der Waals surface area contributed by atoms with Crippen molar-refractivity contribution in [2.75, 3.05) is 5.73 Å². The maximum atomic E-state index is 13.1. The van der Waals surface area contributed by atoms with E-state index in [-0.39, 0.29) is 11.2 Å². The van der Waals surface area contributed by atoms with Crippen molar-refractivity contribution in [3.05, 3.63) is 35.8 Å². The molecule has 3 heteroatoms. The molecule has 2 rings (SSSR count). The normalized spacial score (nSPS) is 12.0. The molecule has 84 valence electrons. The van der Waals surface area contributed by atoms with Crippen molar-refractivity contribution in [2.45, 2.75) is 26.2 Å². The summed E-state index contributed by atoms with van der Waals surface area (Å²) in [5, 5.41) is 0.925. The molecule has 1 aromatic heterocycles. The summed E-state index contributed by atoms with van der Waals surface area (Å²) in [5.74, 6) is -0.273. The van der Waals surface area contributed by atoms with Gasteiger partial charge < -0.3 is 5.73 Å². The van der Waals surface area contributed by atoms with E-state index in [2.05, 4.69) is 25.8 Å². The number of halogens is 1. The third kappa shape index (κ3) is 1.73. The molecule has 0 aliphatic rings. The molecule has 0 saturated carbocycles. The minimum atomic E-state index is -0.273. The van der Waals surface area contributed by atoms with Gasteiger partial charge >= 0.3 is 0 Å². The largest absolute Gasteiger partial charge is 0.397 e. The van der Waals surface area contributed by atoms with Crippen molar-refractivity contribution in [1.82, 2.24) is 4.98 Å². The smallest absolute Gasteiger partial charge is 0.125 e. The lowest BCUT2D eigenvalue weighted by atomic mass is 9.84. The minimum Gasteiger partial charge on any atom is -0.397 e. The van der Waals surface area contributed by atoms with Gasteiger partial charge in [0, 0.05) is 11.5 Å². The summed E-state index contributed by atoms with van der Waals surface area (Å²) in [6, 6.07) is 4.62. The van der Waals surface area contributed by atoms with Crippen molar-refractivity contribution >= 4 is 16.6 Å². The van der Waals surface area contributed by atoms with Crippen LogP contribution in [-0.2, 0) is 5.41 Å². The molecular weight excluding hydrogens is 203 g/mol. The van der Waals surface area contributed by atoms with Crippen LogP contribution in [-0.4, -0.2) is 4.98 Å². The van der Waals surface area contributed by atoms with Crippen molar-refractivity contribution < 1.29 is 4.39 Å². The number of hydrogen-bond donors (Lipinski definition) is 1. The molecule has 0 fully saturated rings. The summed E-state index contributed by atoms with van der Waals surface area (Å²) < 4.78 is 13.1. The van der Waals surface area contributed by atoms with Crippen LogP contribution in [0.15, 0.2) is 24.4 Å². The molecule has 2 aromatic rings. The minimum absolute atomic E-state index is 0.0803. The molecule has 0 amide bonds. The summed E-state index contributed by atoms with van der Waals surface area (Å²) in [5.41, 5.74) is 8.21. The zero-order valence-electron chi connectivity index (χ0n) is 9.71. The molecule has 0 radical (unpaired) electrons.